The third kappa shape index (κ3) is 4.27. The van der Waals surface area contributed by atoms with E-state index >= 15 is 0 Å². The Hall–Kier alpha value is -1.49. The van der Waals surface area contributed by atoms with Crippen LogP contribution >= 0.6 is 0 Å². The molecule has 0 radical (unpaired) electrons. The summed E-state index contributed by atoms with van der Waals surface area (Å²) in [5, 5.41) is 14.6. The minimum absolute atomic E-state index is 0.213. The molecule has 0 aliphatic rings. The second kappa shape index (κ2) is 7.94. The lowest BCUT2D eigenvalue weighted by Gasteiger charge is -2.17. The standard InChI is InChI=1S/C15H25N3O2/c1-5-7-13(16-6-2)8-9-14-12(4)15(18(19)20)11(3)10-17-14/h10,13,16H,5-9H2,1-4H3. The summed E-state index contributed by atoms with van der Waals surface area (Å²) in [6.07, 6.45) is 5.63. The number of hydrogen-bond acceptors (Lipinski definition) is 4. The van der Waals surface area contributed by atoms with Gasteiger partial charge in [0, 0.05) is 23.4 Å². The second-order valence-electron chi connectivity index (χ2n) is 5.20. The fraction of sp³-hybridized carbons (Fsp3) is 0.667. The van der Waals surface area contributed by atoms with Gasteiger partial charge in [0.1, 0.15) is 0 Å². The predicted octanol–water partition coefficient (Wildman–Crippen LogP) is 3.32. The molecule has 0 fully saturated rings. The van der Waals surface area contributed by atoms with Crippen LogP contribution < -0.4 is 5.32 Å². The normalized spacial score (nSPS) is 12.4. The molecule has 20 heavy (non-hydrogen) atoms. The topological polar surface area (TPSA) is 68.1 Å². The van der Waals surface area contributed by atoms with E-state index in [0.717, 1.165) is 37.9 Å². The average molecular weight is 279 g/mol. The highest BCUT2D eigenvalue weighted by atomic mass is 16.6. The molecule has 1 heterocycles. The monoisotopic (exact) mass is 279 g/mol. The molecule has 5 nitrogen and oxygen atoms in total. The van der Waals surface area contributed by atoms with Crippen molar-refractivity contribution >= 4 is 5.69 Å². The van der Waals surface area contributed by atoms with Crippen molar-refractivity contribution in [3.8, 4) is 0 Å². The molecule has 0 aliphatic heterocycles. The van der Waals surface area contributed by atoms with E-state index in [9.17, 15) is 10.1 Å². The Morgan fingerprint density at radius 2 is 2.05 bits per heavy atom. The maximum absolute atomic E-state index is 11.1. The highest BCUT2D eigenvalue weighted by Gasteiger charge is 2.19. The number of nitrogens with zero attached hydrogens (tertiary/aromatic N) is 2. The van der Waals surface area contributed by atoms with Crippen molar-refractivity contribution < 1.29 is 4.92 Å². The molecular formula is C15H25N3O2. The molecule has 0 saturated carbocycles. The van der Waals surface area contributed by atoms with Crippen LogP contribution in [0, 0.1) is 24.0 Å². The van der Waals surface area contributed by atoms with E-state index in [0.29, 0.717) is 17.2 Å². The van der Waals surface area contributed by atoms with Crippen molar-refractivity contribution in [2.45, 2.75) is 59.4 Å². The number of rotatable bonds is 8. The zero-order chi connectivity index (χ0) is 15.1. The van der Waals surface area contributed by atoms with Crippen LogP contribution in [0.5, 0.6) is 0 Å². The van der Waals surface area contributed by atoms with Crippen molar-refractivity contribution in [3.63, 3.8) is 0 Å². The summed E-state index contributed by atoms with van der Waals surface area (Å²) in [6.45, 7) is 8.76. The van der Waals surface area contributed by atoms with Gasteiger partial charge in [-0.2, -0.15) is 0 Å². The number of hydrogen-bond donors (Lipinski definition) is 1. The first-order valence-electron chi connectivity index (χ1n) is 7.34. The van der Waals surface area contributed by atoms with Crippen LogP contribution in [0.4, 0.5) is 5.69 Å². The van der Waals surface area contributed by atoms with Gasteiger partial charge in [-0.1, -0.05) is 20.3 Å². The van der Waals surface area contributed by atoms with Crippen LogP contribution in [0.3, 0.4) is 0 Å². The Bertz CT molecular complexity index is 455. The first-order valence-corrected chi connectivity index (χ1v) is 7.34. The third-order valence-corrected chi connectivity index (χ3v) is 3.62. The van der Waals surface area contributed by atoms with Gasteiger partial charge in [-0.3, -0.25) is 15.1 Å². The summed E-state index contributed by atoms with van der Waals surface area (Å²) < 4.78 is 0. The summed E-state index contributed by atoms with van der Waals surface area (Å²) in [5.41, 5.74) is 2.40. The van der Waals surface area contributed by atoms with Gasteiger partial charge in [0.15, 0.2) is 0 Å². The summed E-state index contributed by atoms with van der Waals surface area (Å²) in [4.78, 5) is 15.2. The zero-order valence-electron chi connectivity index (χ0n) is 12.9. The lowest BCUT2D eigenvalue weighted by Crippen LogP contribution is -2.29. The number of nitro groups is 1. The van der Waals surface area contributed by atoms with E-state index < -0.39 is 0 Å². The van der Waals surface area contributed by atoms with E-state index in [4.69, 9.17) is 0 Å². The SMILES string of the molecule is CCCC(CCc1ncc(C)c([N+](=O)[O-])c1C)NCC. The van der Waals surface area contributed by atoms with Gasteiger partial charge in [-0.05, 0) is 39.7 Å². The Labute approximate surface area is 121 Å². The van der Waals surface area contributed by atoms with Crippen LogP contribution in [0.25, 0.3) is 0 Å². The van der Waals surface area contributed by atoms with Gasteiger partial charge >= 0.3 is 0 Å². The van der Waals surface area contributed by atoms with Crippen LogP contribution in [-0.2, 0) is 6.42 Å². The van der Waals surface area contributed by atoms with Gasteiger partial charge in [0.05, 0.1) is 10.6 Å². The highest BCUT2D eigenvalue weighted by Crippen LogP contribution is 2.25. The highest BCUT2D eigenvalue weighted by molar-refractivity contribution is 5.47. The number of nitrogens with one attached hydrogen (secondary N) is 1. The maximum atomic E-state index is 11.1. The summed E-state index contributed by atoms with van der Waals surface area (Å²) >= 11 is 0. The number of pyridine rings is 1. The van der Waals surface area contributed by atoms with E-state index in [-0.39, 0.29) is 10.6 Å². The fourth-order valence-corrected chi connectivity index (χ4v) is 2.59. The van der Waals surface area contributed by atoms with Crippen LogP contribution in [0.2, 0.25) is 0 Å². The molecule has 1 atom stereocenters. The van der Waals surface area contributed by atoms with Crippen LogP contribution in [0.15, 0.2) is 6.20 Å². The molecule has 0 spiro atoms. The molecule has 5 heteroatoms. The van der Waals surface area contributed by atoms with Gasteiger partial charge in [-0.25, -0.2) is 0 Å². The largest absolute Gasteiger partial charge is 0.314 e. The predicted molar refractivity (Wildman–Crippen MR) is 81.1 cm³/mol. The minimum Gasteiger partial charge on any atom is -0.314 e. The van der Waals surface area contributed by atoms with E-state index in [1.807, 2.05) is 0 Å². The molecule has 1 rings (SSSR count). The zero-order valence-corrected chi connectivity index (χ0v) is 12.9. The summed E-state index contributed by atoms with van der Waals surface area (Å²) in [5.74, 6) is 0. The van der Waals surface area contributed by atoms with Crippen molar-refractivity contribution in [2.24, 2.45) is 0 Å². The Morgan fingerprint density at radius 1 is 1.35 bits per heavy atom. The molecule has 0 saturated heterocycles. The fourth-order valence-electron chi connectivity index (χ4n) is 2.59. The van der Waals surface area contributed by atoms with Crippen molar-refractivity contribution in [1.82, 2.24) is 10.3 Å². The number of aromatic nitrogens is 1. The molecule has 112 valence electrons. The number of aryl methyl sites for hydroxylation is 2. The van der Waals surface area contributed by atoms with Crippen molar-refractivity contribution in [2.75, 3.05) is 6.54 Å². The molecule has 1 aromatic rings. The molecule has 0 amide bonds. The third-order valence-electron chi connectivity index (χ3n) is 3.62. The van der Waals surface area contributed by atoms with E-state index in [1.54, 1.807) is 20.0 Å². The lowest BCUT2D eigenvalue weighted by atomic mass is 10.0. The van der Waals surface area contributed by atoms with Gasteiger partial charge in [0.25, 0.3) is 5.69 Å². The molecule has 1 N–H and O–H groups in total. The summed E-state index contributed by atoms with van der Waals surface area (Å²) in [7, 11) is 0. The molecule has 0 bridgehead atoms. The second-order valence-corrected chi connectivity index (χ2v) is 5.20. The minimum atomic E-state index is -0.302. The average Bonchev–Trinajstić information content (AvgIpc) is 2.37. The van der Waals surface area contributed by atoms with Gasteiger partial charge < -0.3 is 5.32 Å². The Balaban J connectivity index is 2.82. The van der Waals surface area contributed by atoms with Gasteiger partial charge in [0.2, 0.25) is 0 Å². The first-order chi connectivity index (χ1) is 9.51. The van der Waals surface area contributed by atoms with E-state index in [1.165, 1.54) is 0 Å². The first kappa shape index (κ1) is 16.6. The van der Waals surface area contributed by atoms with Crippen molar-refractivity contribution in [3.05, 3.63) is 33.1 Å². The van der Waals surface area contributed by atoms with Gasteiger partial charge in [-0.15, -0.1) is 0 Å². The summed E-state index contributed by atoms with van der Waals surface area (Å²) in [6, 6.07) is 0.464. The molecule has 0 aliphatic carbocycles. The molecule has 1 unspecified atom stereocenters. The van der Waals surface area contributed by atoms with Crippen LogP contribution in [0.1, 0.15) is 49.9 Å². The maximum Gasteiger partial charge on any atom is 0.278 e. The van der Waals surface area contributed by atoms with E-state index in [2.05, 4.69) is 24.1 Å². The molecule has 1 aromatic heterocycles. The lowest BCUT2D eigenvalue weighted by molar-refractivity contribution is -0.386. The Morgan fingerprint density at radius 3 is 2.60 bits per heavy atom. The Kier molecular flexibility index (Phi) is 6.58. The quantitative estimate of drug-likeness (QED) is 0.585. The van der Waals surface area contributed by atoms with Crippen LogP contribution in [-0.4, -0.2) is 22.5 Å². The molecular weight excluding hydrogens is 254 g/mol. The smallest absolute Gasteiger partial charge is 0.278 e. The van der Waals surface area contributed by atoms with Crippen molar-refractivity contribution in [1.29, 1.82) is 0 Å². The molecule has 0 aromatic carbocycles.